The third-order valence-electron chi connectivity index (χ3n) is 6.37. The van der Waals surface area contributed by atoms with E-state index in [0.29, 0.717) is 19.1 Å². The molecule has 2 N–H and O–H groups in total. The van der Waals surface area contributed by atoms with Crippen LogP contribution in [-0.4, -0.2) is 42.6 Å². The number of likely N-dealkylation sites (tertiary alicyclic amines) is 1. The summed E-state index contributed by atoms with van der Waals surface area (Å²) in [6.45, 7) is 8.38. The van der Waals surface area contributed by atoms with Crippen molar-refractivity contribution < 1.29 is 14.3 Å². The molecule has 2 heterocycles. The van der Waals surface area contributed by atoms with Gasteiger partial charge < -0.3 is 20.1 Å². The van der Waals surface area contributed by atoms with Crippen LogP contribution in [0.1, 0.15) is 57.1 Å². The molecule has 2 fully saturated rings. The van der Waals surface area contributed by atoms with E-state index in [-0.39, 0.29) is 29.9 Å². The van der Waals surface area contributed by atoms with E-state index in [1.807, 2.05) is 6.92 Å². The second-order valence-corrected chi connectivity index (χ2v) is 8.56. The molecule has 5 nitrogen and oxygen atoms in total. The van der Waals surface area contributed by atoms with Crippen LogP contribution in [0.2, 0.25) is 0 Å². The molecule has 0 spiro atoms. The number of ether oxygens (including phenoxy) is 2. The van der Waals surface area contributed by atoms with E-state index < -0.39 is 0 Å². The van der Waals surface area contributed by atoms with Crippen molar-refractivity contribution in [2.45, 2.75) is 64.5 Å². The summed E-state index contributed by atoms with van der Waals surface area (Å²) < 4.78 is 11.9. The van der Waals surface area contributed by atoms with E-state index in [1.54, 1.807) is 0 Å². The summed E-state index contributed by atoms with van der Waals surface area (Å²) in [5, 5.41) is 0. The van der Waals surface area contributed by atoms with Crippen LogP contribution in [0, 0.1) is 11.8 Å². The van der Waals surface area contributed by atoms with Gasteiger partial charge in [-0.05, 0) is 51.2 Å². The average molecular weight is 373 g/mol. The Labute approximate surface area is 162 Å². The Morgan fingerprint density at radius 1 is 1.33 bits per heavy atom. The van der Waals surface area contributed by atoms with Crippen LogP contribution in [0.25, 0.3) is 0 Å². The fourth-order valence-electron chi connectivity index (χ4n) is 4.82. The first-order chi connectivity index (χ1) is 13.0. The zero-order valence-electron chi connectivity index (χ0n) is 16.7. The molecule has 0 bridgehead atoms. The molecule has 1 amide bonds. The summed E-state index contributed by atoms with van der Waals surface area (Å²) in [6, 6.07) is 4.45. The Morgan fingerprint density at radius 2 is 2.15 bits per heavy atom. The highest BCUT2D eigenvalue weighted by molar-refractivity contribution is 5.84. The van der Waals surface area contributed by atoms with E-state index in [0.717, 1.165) is 49.3 Å². The molecular formula is C22H32N2O3. The van der Waals surface area contributed by atoms with Gasteiger partial charge in [0.2, 0.25) is 5.91 Å². The molecule has 0 radical (unpaired) electrons. The molecule has 1 aromatic rings. The van der Waals surface area contributed by atoms with E-state index in [1.165, 1.54) is 5.56 Å². The summed E-state index contributed by atoms with van der Waals surface area (Å²) in [6.07, 6.45) is 4.13. The number of rotatable bonds is 5. The number of hydrogen-bond donors (Lipinski definition) is 1. The highest BCUT2D eigenvalue weighted by Gasteiger charge is 2.49. The minimum absolute atomic E-state index is 0.0588. The first kappa shape index (κ1) is 18.6. The van der Waals surface area contributed by atoms with Crippen molar-refractivity contribution >= 4 is 5.91 Å². The maximum absolute atomic E-state index is 13.2. The molecule has 5 unspecified atom stereocenters. The number of carbonyl (C=O) groups is 1. The van der Waals surface area contributed by atoms with Crippen molar-refractivity contribution in [1.29, 1.82) is 0 Å². The van der Waals surface area contributed by atoms with Crippen LogP contribution in [0.5, 0.6) is 11.5 Å². The molecule has 27 heavy (non-hydrogen) atoms. The highest BCUT2D eigenvalue weighted by Crippen LogP contribution is 2.53. The second-order valence-electron chi connectivity index (χ2n) is 8.56. The van der Waals surface area contributed by atoms with Crippen LogP contribution in [0.3, 0.4) is 0 Å². The van der Waals surface area contributed by atoms with Gasteiger partial charge in [-0.15, -0.1) is 0 Å². The van der Waals surface area contributed by atoms with E-state index in [4.69, 9.17) is 15.2 Å². The largest absolute Gasteiger partial charge is 0.494 e. The molecule has 1 aliphatic carbocycles. The third-order valence-corrected chi connectivity index (χ3v) is 6.37. The molecule has 4 rings (SSSR count). The standard InChI is InChI=1S/C22H32N2O3/c1-4-26-21-9-15-8-14(3)27-20(15)11-18(21)17-10-19(17)22(25)24-6-5-13(2)7-16(24)12-23/h9,11,13-14,16-17,19H,4-8,10,12,23H2,1-3H3. The van der Waals surface area contributed by atoms with E-state index in [2.05, 4.69) is 30.9 Å². The third kappa shape index (κ3) is 3.54. The smallest absolute Gasteiger partial charge is 0.226 e. The van der Waals surface area contributed by atoms with Crippen molar-refractivity contribution in [3.63, 3.8) is 0 Å². The van der Waals surface area contributed by atoms with Crippen molar-refractivity contribution in [2.24, 2.45) is 17.6 Å². The number of piperidine rings is 1. The fourth-order valence-corrected chi connectivity index (χ4v) is 4.82. The lowest BCUT2D eigenvalue weighted by Crippen LogP contribution is -2.49. The van der Waals surface area contributed by atoms with Gasteiger partial charge in [0.1, 0.15) is 17.6 Å². The maximum atomic E-state index is 13.2. The second kappa shape index (κ2) is 7.34. The van der Waals surface area contributed by atoms with Crippen molar-refractivity contribution in [1.82, 2.24) is 4.90 Å². The normalized spacial score (nSPS) is 32.0. The summed E-state index contributed by atoms with van der Waals surface area (Å²) in [5.41, 5.74) is 8.32. The Kier molecular flexibility index (Phi) is 5.06. The quantitative estimate of drug-likeness (QED) is 0.863. The van der Waals surface area contributed by atoms with Gasteiger partial charge in [0, 0.05) is 48.5 Å². The average Bonchev–Trinajstić information content (AvgIpc) is 3.35. The van der Waals surface area contributed by atoms with Gasteiger partial charge in [-0.3, -0.25) is 4.79 Å². The van der Waals surface area contributed by atoms with Gasteiger partial charge in [-0.1, -0.05) is 6.92 Å². The first-order valence-electron chi connectivity index (χ1n) is 10.5. The number of nitrogens with zero attached hydrogens (tertiary/aromatic N) is 1. The minimum atomic E-state index is 0.0588. The lowest BCUT2D eigenvalue weighted by Gasteiger charge is -2.38. The number of benzene rings is 1. The van der Waals surface area contributed by atoms with Gasteiger partial charge in [0.05, 0.1) is 6.61 Å². The van der Waals surface area contributed by atoms with Crippen molar-refractivity contribution in [2.75, 3.05) is 19.7 Å². The lowest BCUT2D eigenvalue weighted by molar-refractivity contribution is -0.136. The van der Waals surface area contributed by atoms with Crippen LogP contribution < -0.4 is 15.2 Å². The van der Waals surface area contributed by atoms with Gasteiger partial charge in [-0.2, -0.15) is 0 Å². The molecule has 5 heteroatoms. The minimum Gasteiger partial charge on any atom is -0.494 e. The van der Waals surface area contributed by atoms with E-state index in [9.17, 15) is 4.79 Å². The van der Waals surface area contributed by atoms with E-state index >= 15 is 0 Å². The number of carbonyl (C=O) groups excluding carboxylic acids is 1. The summed E-state index contributed by atoms with van der Waals surface area (Å²) in [5.74, 6) is 3.12. The Morgan fingerprint density at radius 3 is 2.89 bits per heavy atom. The zero-order chi connectivity index (χ0) is 19.1. The number of hydrogen-bond acceptors (Lipinski definition) is 4. The predicted molar refractivity (Wildman–Crippen MR) is 105 cm³/mol. The molecular weight excluding hydrogens is 340 g/mol. The molecule has 0 aromatic heterocycles. The van der Waals surface area contributed by atoms with Crippen molar-refractivity contribution in [3.8, 4) is 11.5 Å². The Balaban J connectivity index is 1.53. The number of amides is 1. The first-order valence-corrected chi connectivity index (χ1v) is 10.5. The molecule has 5 atom stereocenters. The van der Waals surface area contributed by atoms with Crippen LogP contribution in [0.15, 0.2) is 12.1 Å². The zero-order valence-corrected chi connectivity index (χ0v) is 16.7. The molecule has 148 valence electrons. The summed E-state index contributed by atoms with van der Waals surface area (Å²) in [7, 11) is 0. The molecule has 3 aliphatic rings. The van der Waals surface area contributed by atoms with Crippen molar-refractivity contribution in [3.05, 3.63) is 23.3 Å². The molecule has 1 saturated carbocycles. The predicted octanol–water partition coefficient (Wildman–Crippen LogP) is 3.10. The molecule has 1 aromatic carbocycles. The highest BCUT2D eigenvalue weighted by atomic mass is 16.5. The van der Waals surface area contributed by atoms with Crippen LogP contribution in [0.4, 0.5) is 0 Å². The SMILES string of the molecule is CCOc1cc2c(cc1C1CC1C(=O)N1CCC(C)CC1CN)OC(C)C2. The van der Waals surface area contributed by atoms with Gasteiger partial charge in [0.15, 0.2) is 0 Å². The van der Waals surface area contributed by atoms with Gasteiger partial charge in [-0.25, -0.2) is 0 Å². The summed E-state index contributed by atoms with van der Waals surface area (Å²) in [4.78, 5) is 15.2. The Hall–Kier alpha value is -1.75. The fraction of sp³-hybridized carbons (Fsp3) is 0.682. The van der Waals surface area contributed by atoms with Crippen LogP contribution >= 0.6 is 0 Å². The van der Waals surface area contributed by atoms with Crippen LogP contribution in [-0.2, 0) is 11.2 Å². The molecule has 2 aliphatic heterocycles. The van der Waals surface area contributed by atoms with Gasteiger partial charge >= 0.3 is 0 Å². The van der Waals surface area contributed by atoms with Gasteiger partial charge in [0.25, 0.3) is 0 Å². The monoisotopic (exact) mass is 372 g/mol. The topological polar surface area (TPSA) is 64.8 Å². The lowest BCUT2D eigenvalue weighted by atomic mass is 9.92. The number of nitrogens with two attached hydrogens (primary N) is 1. The number of fused-ring (bicyclic) bond motifs is 1. The Bertz CT molecular complexity index is 720. The summed E-state index contributed by atoms with van der Waals surface area (Å²) >= 11 is 0. The molecule has 1 saturated heterocycles. The maximum Gasteiger partial charge on any atom is 0.226 e.